The lowest BCUT2D eigenvalue weighted by Gasteiger charge is -2.30. The minimum atomic E-state index is -0.435. The fraction of sp³-hybridized carbons (Fsp3) is 0.385. The number of aliphatic hydroxyl groups excluding tert-OH is 1. The Labute approximate surface area is 105 Å². The van der Waals surface area contributed by atoms with Crippen molar-refractivity contribution in [3.05, 3.63) is 29.3 Å². The molecule has 1 amide bonds. The van der Waals surface area contributed by atoms with Gasteiger partial charge in [0.05, 0.1) is 25.2 Å². The van der Waals surface area contributed by atoms with Gasteiger partial charge in [-0.2, -0.15) is 0 Å². The summed E-state index contributed by atoms with van der Waals surface area (Å²) >= 11 is 0. The summed E-state index contributed by atoms with van der Waals surface area (Å²) in [4.78, 5) is 24.8. The maximum Gasteiger partial charge on any atom is 0.337 e. The molecule has 5 heteroatoms. The van der Waals surface area contributed by atoms with Gasteiger partial charge in [0.15, 0.2) is 0 Å². The van der Waals surface area contributed by atoms with E-state index >= 15 is 0 Å². The molecule has 0 fully saturated rings. The smallest absolute Gasteiger partial charge is 0.337 e. The Morgan fingerprint density at radius 3 is 2.89 bits per heavy atom. The van der Waals surface area contributed by atoms with Crippen molar-refractivity contribution < 1.29 is 19.4 Å². The molecule has 0 aromatic heterocycles. The van der Waals surface area contributed by atoms with E-state index in [1.54, 1.807) is 25.2 Å². The highest BCUT2D eigenvalue weighted by atomic mass is 16.5. The van der Waals surface area contributed by atoms with Gasteiger partial charge in [0.2, 0.25) is 5.91 Å². The number of carbonyl (C=O) groups is 2. The first-order valence-electron chi connectivity index (χ1n) is 5.68. The average Bonchev–Trinajstić information content (AvgIpc) is 2.41. The van der Waals surface area contributed by atoms with Crippen LogP contribution >= 0.6 is 0 Å². The molecule has 96 valence electrons. The molecule has 0 spiro atoms. The summed E-state index contributed by atoms with van der Waals surface area (Å²) in [6.07, 6.45) is 0.444. The summed E-state index contributed by atoms with van der Waals surface area (Å²) in [7, 11) is 2.99. The Morgan fingerprint density at radius 2 is 2.28 bits per heavy atom. The Morgan fingerprint density at radius 1 is 1.56 bits per heavy atom. The number of carbonyl (C=O) groups excluding carboxylic acids is 2. The molecule has 1 unspecified atom stereocenters. The molecule has 1 heterocycles. The lowest BCUT2D eigenvalue weighted by Crippen LogP contribution is -2.40. The largest absolute Gasteiger partial charge is 0.465 e. The number of hydrogen-bond donors (Lipinski definition) is 1. The van der Waals surface area contributed by atoms with Crippen LogP contribution in [0.15, 0.2) is 18.2 Å². The Hall–Kier alpha value is -1.88. The Bertz CT molecular complexity index is 498. The third-order valence-corrected chi connectivity index (χ3v) is 3.23. The molecule has 2 rings (SSSR count). The third-order valence-electron chi connectivity index (χ3n) is 3.23. The predicted octanol–water partition coefficient (Wildman–Crippen LogP) is 0.601. The zero-order chi connectivity index (χ0) is 13.3. The predicted molar refractivity (Wildman–Crippen MR) is 65.5 cm³/mol. The summed E-state index contributed by atoms with van der Waals surface area (Å²) in [6, 6.07) is 5.08. The molecule has 1 aliphatic rings. The SMILES string of the molecule is COC(=O)c1ccc2c(c1)CC(CO)C(=O)N2C. The van der Waals surface area contributed by atoms with E-state index in [1.165, 1.54) is 12.0 Å². The van der Waals surface area contributed by atoms with Crippen molar-refractivity contribution in [2.75, 3.05) is 25.7 Å². The maximum absolute atomic E-state index is 11.9. The highest BCUT2D eigenvalue weighted by Gasteiger charge is 2.30. The van der Waals surface area contributed by atoms with Gasteiger partial charge in [-0.25, -0.2) is 4.79 Å². The van der Waals surface area contributed by atoms with Crippen molar-refractivity contribution in [2.24, 2.45) is 5.92 Å². The second-order valence-electron chi connectivity index (χ2n) is 4.32. The molecule has 0 saturated carbocycles. The van der Waals surface area contributed by atoms with Crippen LogP contribution in [0.25, 0.3) is 0 Å². The maximum atomic E-state index is 11.9. The van der Waals surface area contributed by atoms with E-state index in [0.29, 0.717) is 12.0 Å². The average molecular weight is 249 g/mol. The monoisotopic (exact) mass is 249 g/mol. The van der Waals surface area contributed by atoms with Gasteiger partial charge >= 0.3 is 5.97 Å². The zero-order valence-corrected chi connectivity index (χ0v) is 10.3. The molecule has 0 saturated heterocycles. The number of anilines is 1. The van der Waals surface area contributed by atoms with Crippen LogP contribution in [-0.2, 0) is 16.0 Å². The van der Waals surface area contributed by atoms with Crippen LogP contribution in [0.5, 0.6) is 0 Å². The van der Waals surface area contributed by atoms with E-state index in [2.05, 4.69) is 4.74 Å². The van der Waals surface area contributed by atoms with Crippen LogP contribution in [0.4, 0.5) is 5.69 Å². The van der Waals surface area contributed by atoms with Crippen molar-refractivity contribution in [1.29, 1.82) is 0 Å². The standard InChI is InChI=1S/C13H15NO4/c1-14-11-4-3-8(13(17)18-2)5-9(11)6-10(7-15)12(14)16/h3-5,10,15H,6-7H2,1-2H3. The summed E-state index contributed by atoms with van der Waals surface area (Å²) in [5, 5.41) is 9.19. The van der Waals surface area contributed by atoms with Crippen LogP contribution in [0, 0.1) is 5.92 Å². The minimum absolute atomic E-state index is 0.101. The Balaban J connectivity index is 2.42. The quantitative estimate of drug-likeness (QED) is 0.779. The van der Waals surface area contributed by atoms with Crippen molar-refractivity contribution in [1.82, 2.24) is 0 Å². The number of fused-ring (bicyclic) bond motifs is 1. The van der Waals surface area contributed by atoms with Crippen molar-refractivity contribution in [3.8, 4) is 0 Å². The number of benzene rings is 1. The molecular weight excluding hydrogens is 234 g/mol. The minimum Gasteiger partial charge on any atom is -0.465 e. The van der Waals surface area contributed by atoms with Crippen molar-refractivity contribution >= 4 is 17.6 Å². The van der Waals surface area contributed by atoms with Gasteiger partial charge < -0.3 is 14.7 Å². The molecule has 1 N–H and O–H groups in total. The first-order chi connectivity index (χ1) is 8.58. The second kappa shape index (κ2) is 4.78. The van der Waals surface area contributed by atoms with Gasteiger partial charge in [-0.05, 0) is 30.2 Å². The number of methoxy groups -OCH3 is 1. The zero-order valence-electron chi connectivity index (χ0n) is 10.3. The molecule has 1 aromatic rings. The molecule has 18 heavy (non-hydrogen) atoms. The van der Waals surface area contributed by atoms with Gasteiger partial charge in [0.1, 0.15) is 0 Å². The van der Waals surface area contributed by atoms with Crippen molar-refractivity contribution in [3.63, 3.8) is 0 Å². The number of aliphatic hydroxyl groups is 1. The molecule has 0 radical (unpaired) electrons. The van der Waals surface area contributed by atoms with Crippen molar-refractivity contribution in [2.45, 2.75) is 6.42 Å². The molecular formula is C13H15NO4. The molecule has 0 bridgehead atoms. The molecule has 1 atom stereocenters. The van der Waals surface area contributed by atoms with Gasteiger partial charge in [0, 0.05) is 12.7 Å². The van der Waals surface area contributed by atoms with Gasteiger partial charge in [-0.15, -0.1) is 0 Å². The fourth-order valence-corrected chi connectivity index (χ4v) is 2.21. The fourth-order valence-electron chi connectivity index (χ4n) is 2.21. The van der Waals surface area contributed by atoms with Crippen LogP contribution in [0.1, 0.15) is 15.9 Å². The van der Waals surface area contributed by atoms with E-state index < -0.39 is 11.9 Å². The van der Waals surface area contributed by atoms with Crippen LogP contribution < -0.4 is 4.90 Å². The lowest BCUT2D eigenvalue weighted by molar-refractivity contribution is -0.123. The van der Waals surface area contributed by atoms with Gasteiger partial charge in [0.25, 0.3) is 0 Å². The highest BCUT2D eigenvalue weighted by molar-refractivity contribution is 5.99. The van der Waals surface area contributed by atoms with E-state index in [9.17, 15) is 14.7 Å². The van der Waals surface area contributed by atoms with E-state index in [0.717, 1.165) is 11.3 Å². The number of amides is 1. The van der Waals surface area contributed by atoms with Gasteiger partial charge in [-0.1, -0.05) is 0 Å². The van der Waals surface area contributed by atoms with Gasteiger partial charge in [-0.3, -0.25) is 4.79 Å². The summed E-state index contributed by atoms with van der Waals surface area (Å²) < 4.78 is 4.66. The van der Waals surface area contributed by atoms with Crippen LogP contribution in [-0.4, -0.2) is 37.7 Å². The third kappa shape index (κ3) is 1.97. The molecule has 0 aliphatic carbocycles. The lowest BCUT2D eigenvalue weighted by atomic mass is 9.91. The number of nitrogens with zero attached hydrogens (tertiary/aromatic N) is 1. The molecule has 5 nitrogen and oxygen atoms in total. The topological polar surface area (TPSA) is 66.8 Å². The molecule has 1 aliphatic heterocycles. The first-order valence-corrected chi connectivity index (χ1v) is 5.68. The number of hydrogen-bond acceptors (Lipinski definition) is 4. The van der Waals surface area contributed by atoms with Crippen LogP contribution in [0.2, 0.25) is 0 Å². The molecule has 1 aromatic carbocycles. The number of rotatable bonds is 2. The van der Waals surface area contributed by atoms with E-state index in [4.69, 9.17) is 0 Å². The number of ether oxygens (including phenoxy) is 1. The summed E-state index contributed by atoms with van der Waals surface area (Å²) in [6.45, 7) is -0.189. The highest BCUT2D eigenvalue weighted by Crippen LogP contribution is 2.30. The van der Waals surface area contributed by atoms with Crippen LogP contribution in [0.3, 0.4) is 0 Å². The summed E-state index contributed by atoms with van der Waals surface area (Å²) in [5.41, 5.74) is 2.10. The van der Waals surface area contributed by atoms with E-state index in [1.807, 2.05) is 0 Å². The summed E-state index contributed by atoms with van der Waals surface area (Å²) in [5.74, 6) is -0.941. The normalized spacial score (nSPS) is 18.5. The Kier molecular flexibility index (Phi) is 3.34. The first kappa shape index (κ1) is 12.6. The number of esters is 1. The van der Waals surface area contributed by atoms with E-state index in [-0.39, 0.29) is 12.5 Å². The second-order valence-corrected chi connectivity index (χ2v) is 4.32.